The largest absolute Gasteiger partial charge is 0.481 e. The van der Waals surface area contributed by atoms with Crippen LogP contribution in [-0.4, -0.2) is 39.0 Å². The van der Waals surface area contributed by atoms with Gasteiger partial charge in [0, 0.05) is 37.0 Å². The molecule has 6 nitrogen and oxygen atoms in total. The van der Waals surface area contributed by atoms with Crippen molar-refractivity contribution in [2.45, 2.75) is 23.1 Å². The summed E-state index contributed by atoms with van der Waals surface area (Å²) in [4.78, 5) is 12.7. The summed E-state index contributed by atoms with van der Waals surface area (Å²) in [7, 11) is -0.0408. The molecule has 2 rings (SSSR count). The molecule has 0 aromatic heterocycles. The zero-order valence-corrected chi connectivity index (χ0v) is 13.9. The second-order valence-corrected chi connectivity index (χ2v) is 7.67. The summed E-state index contributed by atoms with van der Waals surface area (Å²) in [6.45, 7) is 0. The van der Waals surface area contributed by atoms with Crippen molar-refractivity contribution in [2.75, 3.05) is 19.0 Å². The SMILES string of the molecule is CN(C)c1cccc2c(S(=O)(=O)C(N)CCC(=O)O)cccc12. The van der Waals surface area contributed by atoms with Gasteiger partial charge in [0.05, 0.1) is 4.90 Å². The summed E-state index contributed by atoms with van der Waals surface area (Å²) in [6, 6.07) is 10.5. The first-order chi connectivity index (χ1) is 10.7. The van der Waals surface area contributed by atoms with Crippen molar-refractivity contribution in [3.05, 3.63) is 36.4 Å². The number of aliphatic carboxylic acids is 1. The maximum atomic E-state index is 12.7. The number of fused-ring (bicyclic) bond motifs is 1. The third-order valence-corrected chi connectivity index (χ3v) is 5.69. The van der Waals surface area contributed by atoms with Crippen molar-refractivity contribution in [1.29, 1.82) is 0 Å². The minimum atomic E-state index is -3.81. The number of sulfone groups is 1. The number of rotatable bonds is 6. The van der Waals surface area contributed by atoms with Crippen LogP contribution in [0.3, 0.4) is 0 Å². The van der Waals surface area contributed by atoms with Crippen LogP contribution in [0.1, 0.15) is 12.8 Å². The van der Waals surface area contributed by atoms with Crippen molar-refractivity contribution < 1.29 is 18.3 Å². The lowest BCUT2D eigenvalue weighted by molar-refractivity contribution is -0.137. The molecule has 2 aromatic rings. The molecule has 0 amide bonds. The number of carbonyl (C=O) groups is 1. The van der Waals surface area contributed by atoms with Crippen LogP contribution in [0.2, 0.25) is 0 Å². The Morgan fingerprint density at radius 3 is 2.39 bits per heavy atom. The fourth-order valence-corrected chi connectivity index (χ4v) is 3.99. The molecule has 0 aliphatic heterocycles. The molecule has 0 bridgehead atoms. The molecule has 0 spiro atoms. The molecule has 1 atom stereocenters. The Balaban J connectivity index is 2.55. The fourth-order valence-electron chi connectivity index (χ4n) is 2.49. The van der Waals surface area contributed by atoms with E-state index in [4.69, 9.17) is 10.8 Å². The van der Waals surface area contributed by atoms with E-state index in [1.807, 2.05) is 31.1 Å². The average Bonchev–Trinajstić information content (AvgIpc) is 2.50. The van der Waals surface area contributed by atoms with E-state index in [0.717, 1.165) is 11.1 Å². The number of carboxylic acids is 1. The summed E-state index contributed by atoms with van der Waals surface area (Å²) in [6.07, 6.45) is -0.407. The lowest BCUT2D eigenvalue weighted by atomic mass is 10.1. The molecule has 1 unspecified atom stereocenters. The summed E-state index contributed by atoms with van der Waals surface area (Å²) in [5.74, 6) is -1.07. The minimum absolute atomic E-state index is 0.124. The van der Waals surface area contributed by atoms with Gasteiger partial charge in [-0.1, -0.05) is 24.3 Å². The molecule has 0 heterocycles. The van der Waals surface area contributed by atoms with Crippen LogP contribution < -0.4 is 10.6 Å². The molecule has 7 heteroatoms. The Labute approximate surface area is 135 Å². The first kappa shape index (κ1) is 17.2. The molecule has 2 aromatic carbocycles. The van der Waals surface area contributed by atoms with E-state index in [1.165, 1.54) is 6.07 Å². The standard InChI is InChI=1S/C16H20N2O4S/c1-18(2)13-7-3-6-12-11(13)5-4-8-14(12)23(21,22)15(17)9-10-16(19)20/h3-8,15H,9-10,17H2,1-2H3,(H,19,20). The van der Waals surface area contributed by atoms with Gasteiger partial charge in [-0.3, -0.25) is 4.79 Å². The van der Waals surface area contributed by atoms with Gasteiger partial charge in [0.2, 0.25) is 0 Å². The lowest BCUT2D eigenvalue weighted by Crippen LogP contribution is -2.31. The molecular weight excluding hydrogens is 316 g/mol. The van der Waals surface area contributed by atoms with E-state index in [0.29, 0.717) is 5.39 Å². The monoisotopic (exact) mass is 336 g/mol. The van der Waals surface area contributed by atoms with Gasteiger partial charge in [0.1, 0.15) is 5.37 Å². The predicted molar refractivity (Wildman–Crippen MR) is 90.3 cm³/mol. The quantitative estimate of drug-likeness (QED) is 0.834. The first-order valence-electron chi connectivity index (χ1n) is 7.15. The van der Waals surface area contributed by atoms with Gasteiger partial charge in [-0.05, 0) is 18.6 Å². The molecule has 0 radical (unpaired) electrons. The van der Waals surface area contributed by atoms with E-state index < -0.39 is 21.2 Å². The van der Waals surface area contributed by atoms with Crippen LogP contribution in [-0.2, 0) is 14.6 Å². The Hall–Kier alpha value is -2.12. The minimum Gasteiger partial charge on any atom is -0.481 e. The van der Waals surface area contributed by atoms with Crippen LogP contribution in [0.15, 0.2) is 41.3 Å². The van der Waals surface area contributed by atoms with Gasteiger partial charge in [-0.2, -0.15) is 0 Å². The van der Waals surface area contributed by atoms with Gasteiger partial charge in [-0.15, -0.1) is 0 Å². The molecule has 124 valence electrons. The van der Waals surface area contributed by atoms with Crippen LogP contribution in [0.4, 0.5) is 5.69 Å². The van der Waals surface area contributed by atoms with Crippen molar-refractivity contribution in [3.8, 4) is 0 Å². The Morgan fingerprint density at radius 1 is 1.17 bits per heavy atom. The van der Waals surface area contributed by atoms with Gasteiger partial charge < -0.3 is 15.7 Å². The maximum Gasteiger partial charge on any atom is 0.303 e. The lowest BCUT2D eigenvalue weighted by Gasteiger charge is -2.18. The molecule has 0 aliphatic rings. The summed E-state index contributed by atoms with van der Waals surface area (Å²) >= 11 is 0. The smallest absolute Gasteiger partial charge is 0.303 e. The highest BCUT2D eigenvalue weighted by Crippen LogP contribution is 2.31. The average molecular weight is 336 g/mol. The molecule has 0 aliphatic carbocycles. The summed E-state index contributed by atoms with van der Waals surface area (Å²) in [5.41, 5.74) is 6.66. The second kappa shape index (κ2) is 6.55. The number of carboxylic acid groups (broad SMARTS) is 1. The van der Waals surface area contributed by atoms with E-state index in [2.05, 4.69) is 0 Å². The number of anilines is 1. The Kier molecular flexibility index (Phi) is 4.91. The van der Waals surface area contributed by atoms with E-state index in [9.17, 15) is 13.2 Å². The number of hydrogen-bond acceptors (Lipinski definition) is 5. The van der Waals surface area contributed by atoms with E-state index in [-0.39, 0.29) is 17.7 Å². The summed E-state index contributed by atoms with van der Waals surface area (Å²) in [5, 5.41) is 8.87. The Bertz CT molecular complexity index is 831. The number of hydrogen-bond donors (Lipinski definition) is 2. The first-order valence-corrected chi connectivity index (χ1v) is 8.70. The maximum absolute atomic E-state index is 12.7. The van der Waals surface area contributed by atoms with Gasteiger partial charge in [-0.25, -0.2) is 8.42 Å². The molecule has 23 heavy (non-hydrogen) atoms. The highest BCUT2D eigenvalue weighted by molar-refractivity contribution is 7.92. The molecule has 0 fully saturated rings. The fraction of sp³-hybridized carbons (Fsp3) is 0.312. The van der Waals surface area contributed by atoms with Crippen LogP contribution in [0.25, 0.3) is 10.8 Å². The number of nitrogens with two attached hydrogens (primary N) is 1. The molecule has 0 saturated heterocycles. The van der Waals surface area contributed by atoms with Crippen molar-refractivity contribution in [2.24, 2.45) is 5.73 Å². The van der Waals surface area contributed by atoms with E-state index in [1.54, 1.807) is 18.2 Å². The number of benzene rings is 2. The normalized spacial score (nSPS) is 13.0. The number of nitrogens with zero attached hydrogens (tertiary/aromatic N) is 1. The highest BCUT2D eigenvalue weighted by atomic mass is 32.2. The molecular formula is C16H20N2O4S. The third kappa shape index (κ3) is 3.46. The topological polar surface area (TPSA) is 101 Å². The van der Waals surface area contributed by atoms with Gasteiger partial charge in [0.25, 0.3) is 0 Å². The summed E-state index contributed by atoms with van der Waals surface area (Å²) < 4.78 is 25.4. The van der Waals surface area contributed by atoms with Gasteiger partial charge >= 0.3 is 5.97 Å². The van der Waals surface area contributed by atoms with Crippen molar-refractivity contribution in [1.82, 2.24) is 0 Å². The zero-order valence-electron chi connectivity index (χ0n) is 13.1. The third-order valence-electron chi connectivity index (χ3n) is 3.69. The second-order valence-electron chi connectivity index (χ2n) is 5.54. The van der Waals surface area contributed by atoms with Crippen LogP contribution in [0, 0.1) is 0 Å². The van der Waals surface area contributed by atoms with Gasteiger partial charge in [0.15, 0.2) is 9.84 Å². The Morgan fingerprint density at radius 2 is 1.78 bits per heavy atom. The molecule has 0 saturated carbocycles. The van der Waals surface area contributed by atoms with Crippen LogP contribution in [0.5, 0.6) is 0 Å². The van der Waals surface area contributed by atoms with Crippen molar-refractivity contribution in [3.63, 3.8) is 0 Å². The molecule has 3 N–H and O–H groups in total. The van der Waals surface area contributed by atoms with Crippen LogP contribution >= 0.6 is 0 Å². The predicted octanol–water partition coefficient (Wildman–Crippen LogP) is 1.83. The zero-order chi connectivity index (χ0) is 17.2. The highest BCUT2D eigenvalue weighted by Gasteiger charge is 2.26. The van der Waals surface area contributed by atoms with E-state index >= 15 is 0 Å². The van der Waals surface area contributed by atoms with Crippen molar-refractivity contribution >= 4 is 32.3 Å².